The molecule has 0 amide bonds. The monoisotopic (exact) mass is 204 g/mol. The Hall–Kier alpha value is -0.240. The van der Waals surface area contributed by atoms with Crippen LogP contribution >= 0.6 is 15.9 Å². The lowest BCUT2D eigenvalue weighted by Crippen LogP contribution is -2.32. The first-order valence-electron chi connectivity index (χ1n) is 1.73. The summed E-state index contributed by atoms with van der Waals surface area (Å²) in [5.41, 5.74) is 0. The Morgan fingerprint density at radius 3 is 1.56 bits per heavy atom. The third-order valence-corrected chi connectivity index (χ3v) is 1.04. The summed E-state index contributed by atoms with van der Waals surface area (Å²) in [4.78, 5) is -4.31. The molecule has 52 valence electrons. The minimum Gasteiger partial charge on any atom is -0.185 e. The van der Waals surface area contributed by atoms with Gasteiger partial charge in [0, 0.05) is 0 Å². The van der Waals surface area contributed by atoms with Crippen LogP contribution in [-0.4, -0.2) is 10.8 Å². The second kappa shape index (κ2) is 2.18. The Morgan fingerprint density at radius 2 is 1.56 bits per heavy atom. The summed E-state index contributed by atoms with van der Waals surface area (Å²) in [7, 11) is 0. The van der Waals surface area contributed by atoms with Gasteiger partial charge in [-0.1, -0.05) is 0 Å². The zero-order valence-corrected chi connectivity index (χ0v) is 5.55. The van der Waals surface area contributed by atoms with Crippen LogP contribution in [-0.2, 0) is 0 Å². The lowest BCUT2D eigenvalue weighted by molar-refractivity contribution is -0.103. The number of hydrogen-bond acceptors (Lipinski definition) is 0. The molecule has 0 unspecified atom stereocenters. The number of hydrogen-bond donors (Lipinski definition) is 0. The van der Waals surface area contributed by atoms with Crippen LogP contribution in [0.25, 0.3) is 0 Å². The molecule has 9 heavy (non-hydrogen) atoms. The van der Waals surface area contributed by atoms with Crippen LogP contribution in [0.15, 0.2) is 0 Å². The van der Waals surface area contributed by atoms with Crippen LogP contribution in [0.3, 0.4) is 0 Å². The maximum atomic E-state index is 11.6. The van der Waals surface area contributed by atoms with Gasteiger partial charge in [-0.05, 0) is 21.9 Å². The van der Waals surface area contributed by atoms with Gasteiger partial charge in [0.2, 0.25) is 0 Å². The van der Waals surface area contributed by atoms with Crippen molar-refractivity contribution in [2.75, 3.05) is 0 Å². The Balaban J connectivity index is 4.39. The average Bonchev–Trinajstić information content (AvgIpc) is 1.64. The van der Waals surface area contributed by atoms with Crippen molar-refractivity contribution in [3.63, 3.8) is 0 Å². The van der Waals surface area contributed by atoms with E-state index in [0.717, 1.165) is 0 Å². The van der Waals surface area contributed by atoms with E-state index in [4.69, 9.17) is 0 Å². The number of halogens is 5. The third-order valence-electron chi connectivity index (χ3n) is 0.537. The smallest absolute Gasteiger partial charge is 0.185 e. The van der Waals surface area contributed by atoms with Gasteiger partial charge in [0.15, 0.2) is 0 Å². The van der Waals surface area contributed by atoms with E-state index >= 15 is 0 Å². The standard InChI is InChI=1S/C4HBrF4/c1-2-3(6,7)4(5,8)9/h1H. The Kier molecular flexibility index (Phi) is 2.12. The molecule has 0 fully saturated rings. The molecule has 0 saturated carbocycles. The zero-order chi connectivity index (χ0) is 7.71. The van der Waals surface area contributed by atoms with Gasteiger partial charge in [-0.15, -0.1) is 6.42 Å². The highest BCUT2D eigenvalue weighted by Gasteiger charge is 2.52. The maximum Gasteiger partial charge on any atom is 0.380 e. The number of alkyl halides is 5. The molecule has 0 spiro atoms. The average molecular weight is 205 g/mol. The van der Waals surface area contributed by atoms with Crippen LogP contribution in [0, 0.1) is 12.3 Å². The fourth-order valence-corrected chi connectivity index (χ4v) is 0.196. The van der Waals surface area contributed by atoms with Crippen molar-refractivity contribution in [2.24, 2.45) is 0 Å². The molecule has 0 aromatic rings. The highest BCUT2D eigenvalue weighted by molar-refractivity contribution is 9.10. The highest BCUT2D eigenvalue weighted by Crippen LogP contribution is 2.38. The maximum absolute atomic E-state index is 11.6. The molecule has 0 rings (SSSR count). The molecule has 5 heteroatoms. The fraction of sp³-hybridized carbons (Fsp3) is 0.500. The van der Waals surface area contributed by atoms with Crippen molar-refractivity contribution in [1.29, 1.82) is 0 Å². The fourth-order valence-electron chi connectivity index (χ4n) is 0.0818. The van der Waals surface area contributed by atoms with Crippen molar-refractivity contribution in [3.05, 3.63) is 0 Å². The first kappa shape index (κ1) is 8.76. The van der Waals surface area contributed by atoms with Crippen molar-refractivity contribution in [3.8, 4) is 12.3 Å². The van der Waals surface area contributed by atoms with E-state index < -0.39 is 10.8 Å². The SMILES string of the molecule is C#CC(F)(F)C(F)(F)Br. The van der Waals surface area contributed by atoms with E-state index in [1.165, 1.54) is 15.9 Å². The zero-order valence-electron chi connectivity index (χ0n) is 3.97. The van der Waals surface area contributed by atoms with E-state index in [1.807, 2.05) is 0 Å². The molecule has 0 heterocycles. The van der Waals surface area contributed by atoms with E-state index in [9.17, 15) is 17.6 Å². The molecular weight excluding hydrogens is 204 g/mol. The highest BCUT2D eigenvalue weighted by atomic mass is 79.9. The van der Waals surface area contributed by atoms with Gasteiger partial charge in [-0.2, -0.15) is 17.6 Å². The van der Waals surface area contributed by atoms with E-state index in [0.29, 0.717) is 5.92 Å². The Bertz CT molecular complexity index is 140. The summed E-state index contributed by atoms with van der Waals surface area (Å²) in [5, 5.41) is 0. The van der Waals surface area contributed by atoms with E-state index in [1.54, 1.807) is 0 Å². The van der Waals surface area contributed by atoms with Gasteiger partial charge in [0.1, 0.15) is 0 Å². The molecule has 0 nitrogen and oxygen atoms in total. The largest absolute Gasteiger partial charge is 0.380 e. The van der Waals surface area contributed by atoms with Gasteiger partial charge in [0.25, 0.3) is 0 Å². The van der Waals surface area contributed by atoms with Gasteiger partial charge in [-0.25, -0.2) is 0 Å². The second-order valence-electron chi connectivity index (χ2n) is 1.22. The first-order valence-corrected chi connectivity index (χ1v) is 2.53. The molecule has 0 atom stereocenters. The van der Waals surface area contributed by atoms with Gasteiger partial charge in [0.05, 0.1) is 0 Å². The number of rotatable bonds is 1. The van der Waals surface area contributed by atoms with E-state index in [-0.39, 0.29) is 0 Å². The Labute approximate surface area is 57.4 Å². The first-order chi connectivity index (χ1) is 3.81. The van der Waals surface area contributed by atoms with Crippen molar-refractivity contribution in [1.82, 2.24) is 0 Å². The van der Waals surface area contributed by atoms with Crippen molar-refractivity contribution < 1.29 is 17.6 Å². The normalized spacial score (nSPS) is 12.9. The summed E-state index contributed by atoms with van der Waals surface area (Å²) >= 11 is 1.43. The van der Waals surface area contributed by atoms with Crippen LogP contribution in [0.4, 0.5) is 17.6 Å². The molecule has 0 saturated heterocycles. The van der Waals surface area contributed by atoms with E-state index in [2.05, 4.69) is 6.42 Å². The molecule has 0 radical (unpaired) electrons. The predicted octanol–water partition coefficient (Wildman–Crippen LogP) is 2.24. The van der Waals surface area contributed by atoms with Crippen LogP contribution in [0.2, 0.25) is 0 Å². The predicted molar refractivity (Wildman–Crippen MR) is 27.7 cm³/mol. The molecule has 0 aliphatic heterocycles. The summed E-state index contributed by atoms with van der Waals surface area (Å²) < 4.78 is 46.3. The molecule has 0 aromatic carbocycles. The summed E-state index contributed by atoms with van der Waals surface area (Å²) in [6.07, 6.45) is 4.08. The molecular formula is C4HBrF4. The lowest BCUT2D eigenvalue weighted by atomic mass is 10.4. The van der Waals surface area contributed by atoms with Gasteiger partial charge in [-0.3, -0.25) is 0 Å². The van der Waals surface area contributed by atoms with Crippen molar-refractivity contribution >= 4 is 15.9 Å². The summed E-state index contributed by atoms with van der Waals surface area (Å²) in [6.45, 7) is 0. The Morgan fingerprint density at radius 1 is 1.22 bits per heavy atom. The minimum atomic E-state index is -4.41. The summed E-state index contributed by atoms with van der Waals surface area (Å²) in [6, 6.07) is 0. The number of terminal acetylenes is 1. The van der Waals surface area contributed by atoms with Crippen LogP contribution in [0.5, 0.6) is 0 Å². The molecule has 0 aliphatic carbocycles. The third kappa shape index (κ3) is 1.86. The van der Waals surface area contributed by atoms with Crippen molar-refractivity contribution in [2.45, 2.75) is 10.8 Å². The second-order valence-corrected chi connectivity index (χ2v) is 2.21. The molecule has 0 N–H and O–H groups in total. The summed E-state index contributed by atoms with van der Waals surface area (Å²) in [5.74, 6) is -3.76. The molecule has 0 aliphatic rings. The van der Waals surface area contributed by atoms with Gasteiger partial charge < -0.3 is 0 Å². The topological polar surface area (TPSA) is 0 Å². The minimum absolute atomic E-state index is 0.651. The van der Waals surface area contributed by atoms with Crippen LogP contribution < -0.4 is 0 Å². The van der Waals surface area contributed by atoms with Crippen LogP contribution in [0.1, 0.15) is 0 Å². The quantitative estimate of drug-likeness (QED) is 0.349. The van der Waals surface area contributed by atoms with Gasteiger partial charge >= 0.3 is 10.8 Å². The molecule has 0 aromatic heterocycles. The lowest BCUT2D eigenvalue weighted by Gasteiger charge is -2.14. The molecule has 0 bridgehead atoms.